The molecule has 1 atom stereocenters. The third-order valence-corrected chi connectivity index (χ3v) is 3.11. The minimum atomic E-state index is -0.192. The van der Waals surface area contributed by atoms with Crippen molar-refractivity contribution in [3.8, 4) is 0 Å². The van der Waals surface area contributed by atoms with E-state index in [-0.39, 0.29) is 11.9 Å². The number of halogens is 2. The summed E-state index contributed by atoms with van der Waals surface area (Å²) in [4.78, 5) is 11.6. The Hall–Kier alpha value is -0.730. The molecule has 1 aromatic rings. The van der Waals surface area contributed by atoms with Gasteiger partial charge in [0, 0.05) is 10.0 Å². The Morgan fingerprint density at radius 1 is 1.28 bits per heavy atom. The summed E-state index contributed by atoms with van der Waals surface area (Å²) in [5, 5.41) is 1.19. The summed E-state index contributed by atoms with van der Waals surface area (Å²) in [6.07, 6.45) is 0.327. The molecule has 0 aromatic heterocycles. The second-order valence-electron chi connectivity index (χ2n) is 4.85. The first kappa shape index (κ1) is 15.3. The van der Waals surface area contributed by atoms with Gasteiger partial charge in [0.1, 0.15) is 0 Å². The van der Waals surface area contributed by atoms with Crippen LogP contribution >= 0.6 is 23.2 Å². The van der Waals surface area contributed by atoms with Crippen LogP contribution in [0.25, 0.3) is 0 Å². The second kappa shape index (κ2) is 7.01. The Balaban J connectivity index is 2.59. The smallest absolute Gasteiger partial charge is 0.306 e. The van der Waals surface area contributed by atoms with E-state index < -0.39 is 0 Å². The largest absolute Gasteiger partial charge is 0.465 e. The molecule has 0 saturated heterocycles. The van der Waals surface area contributed by atoms with E-state index in [4.69, 9.17) is 27.9 Å². The average molecular weight is 289 g/mol. The summed E-state index contributed by atoms with van der Waals surface area (Å²) in [6, 6.07) is 5.32. The van der Waals surface area contributed by atoms with E-state index in [0.29, 0.717) is 29.0 Å². The fraction of sp³-hybridized carbons (Fsp3) is 0.500. The molecule has 1 rings (SSSR count). The lowest BCUT2D eigenvalue weighted by Gasteiger charge is -2.14. The van der Waals surface area contributed by atoms with Gasteiger partial charge >= 0.3 is 5.97 Å². The van der Waals surface area contributed by atoms with Gasteiger partial charge in [0.2, 0.25) is 0 Å². The molecule has 1 aromatic carbocycles. The summed E-state index contributed by atoms with van der Waals surface area (Å²) < 4.78 is 5.15. The van der Waals surface area contributed by atoms with Crippen LogP contribution in [0.3, 0.4) is 0 Å². The Bertz CT molecular complexity index is 416. The standard InChI is InChI=1S/C14H18Cl2O2/c1-9(2)8-18-14(17)6-10(3)12-5-4-11(15)7-13(12)16/h4-5,7,9-10H,6,8H2,1-3H3. The highest BCUT2D eigenvalue weighted by molar-refractivity contribution is 6.35. The van der Waals surface area contributed by atoms with Crippen LogP contribution in [0.1, 0.15) is 38.7 Å². The van der Waals surface area contributed by atoms with Crippen LogP contribution < -0.4 is 0 Å². The molecule has 0 aliphatic carbocycles. The van der Waals surface area contributed by atoms with Gasteiger partial charge in [-0.3, -0.25) is 4.79 Å². The van der Waals surface area contributed by atoms with Crippen LogP contribution in [-0.4, -0.2) is 12.6 Å². The number of rotatable bonds is 5. The third-order valence-electron chi connectivity index (χ3n) is 2.54. The number of carbonyl (C=O) groups excluding carboxylic acids is 1. The number of carbonyl (C=O) groups is 1. The average Bonchev–Trinajstić information content (AvgIpc) is 2.26. The summed E-state index contributed by atoms with van der Waals surface area (Å²) in [5.41, 5.74) is 0.919. The van der Waals surface area contributed by atoms with Gasteiger partial charge in [-0.25, -0.2) is 0 Å². The minimum Gasteiger partial charge on any atom is -0.465 e. The van der Waals surface area contributed by atoms with Crippen molar-refractivity contribution in [2.75, 3.05) is 6.61 Å². The molecular weight excluding hydrogens is 271 g/mol. The number of ether oxygens (including phenoxy) is 1. The monoisotopic (exact) mass is 288 g/mol. The summed E-state index contributed by atoms with van der Waals surface area (Å²) >= 11 is 11.9. The Kier molecular flexibility index (Phi) is 5.97. The predicted octanol–water partition coefficient (Wildman–Crippen LogP) is 4.69. The second-order valence-corrected chi connectivity index (χ2v) is 5.69. The first-order valence-electron chi connectivity index (χ1n) is 6.00. The van der Waals surface area contributed by atoms with Crippen molar-refractivity contribution in [2.45, 2.75) is 33.1 Å². The maximum absolute atomic E-state index is 11.6. The lowest BCUT2D eigenvalue weighted by atomic mass is 9.98. The molecule has 0 saturated carbocycles. The molecule has 18 heavy (non-hydrogen) atoms. The van der Waals surface area contributed by atoms with Crippen LogP contribution in [0.5, 0.6) is 0 Å². The van der Waals surface area contributed by atoms with E-state index in [2.05, 4.69) is 0 Å². The van der Waals surface area contributed by atoms with Gasteiger partial charge in [0.15, 0.2) is 0 Å². The van der Waals surface area contributed by atoms with E-state index in [9.17, 15) is 4.79 Å². The SMILES string of the molecule is CC(C)COC(=O)CC(C)c1ccc(Cl)cc1Cl. The molecule has 2 nitrogen and oxygen atoms in total. The summed E-state index contributed by atoms with van der Waals surface area (Å²) in [7, 11) is 0. The fourth-order valence-corrected chi connectivity index (χ4v) is 2.17. The van der Waals surface area contributed by atoms with Crippen molar-refractivity contribution < 1.29 is 9.53 Å². The van der Waals surface area contributed by atoms with Crippen molar-refractivity contribution in [1.82, 2.24) is 0 Å². The number of benzene rings is 1. The maximum atomic E-state index is 11.6. The Morgan fingerprint density at radius 2 is 1.94 bits per heavy atom. The van der Waals surface area contributed by atoms with Gasteiger partial charge in [0.05, 0.1) is 13.0 Å². The van der Waals surface area contributed by atoms with E-state index in [1.54, 1.807) is 12.1 Å². The summed E-state index contributed by atoms with van der Waals surface area (Å²) in [6.45, 7) is 6.42. The number of esters is 1. The van der Waals surface area contributed by atoms with E-state index >= 15 is 0 Å². The van der Waals surface area contributed by atoms with Gasteiger partial charge in [0.25, 0.3) is 0 Å². The zero-order valence-electron chi connectivity index (χ0n) is 10.9. The highest BCUT2D eigenvalue weighted by Crippen LogP contribution is 2.29. The minimum absolute atomic E-state index is 0.0226. The van der Waals surface area contributed by atoms with Crippen molar-refractivity contribution in [2.24, 2.45) is 5.92 Å². The highest BCUT2D eigenvalue weighted by Gasteiger charge is 2.15. The molecular formula is C14H18Cl2O2. The molecule has 0 aliphatic heterocycles. The van der Waals surface area contributed by atoms with Crippen molar-refractivity contribution in [3.63, 3.8) is 0 Å². The molecule has 0 radical (unpaired) electrons. The topological polar surface area (TPSA) is 26.3 Å². The lowest BCUT2D eigenvalue weighted by Crippen LogP contribution is -2.12. The first-order valence-corrected chi connectivity index (χ1v) is 6.76. The Labute approximate surface area is 118 Å². The predicted molar refractivity (Wildman–Crippen MR) is 75.3 cm³/mol. The van der Waals surface area contributed by atoms with Crippen molar-refractivity contribution in [3.05, 3.63) is 33.8 Å². The summed E-state index contributed by atoms with van der Waals surface area (Å²) in [5.74, 6) is 0.181. The quantitative estimate of drug-likeness (QED) is 0.735. The molecule has 0 spiro atoms. The van der Waals surface area contributed by atoms with Crippen LogP contribution in [0, 0.1) is 5.92 Å². The third kappa shape index (κ3) is 4.87. The molecule has 0 amide bonds. The highest BCUT2D eigenvalue weighted by atomic mass is 35.5. The van der Waals surface area contributed by atoms with Gasteiger partial charge in [-0.2, -0.15) is 0 Å². The van der Waals surface area contributed by atoms with Gasteiger partial charge in [-0.1, -0.05) is 50.0 Å². The van der Waals surface area contributed by atoms with Crippen molar-refractivity contribution >= 4 is 29.2 Å². The van der Waals surface area contributed by atoms with E-state index in [0.717, 1.165) is 5.56 Å². The molecule has 0 fully saturated rings. The molecule has 0 aliphatic rings. The number of hydrogen-bond donors (Lipinski definition) is 0. The zero-order valence-corrected chi connectivity index (χ0v) is 12.4. The van der Waals surface area contributed by atoms with Gasteiger partial charge < -0.3 is 4.74 Å². The molecule has 0 heterocycles. The van der Waals surface area contributed by atoms with Crippen LogP contribution in [0.15, 0.2) is 18.2 Å². The fourth-order valence-electron chi connectivity index (χ4n) is 1.58. The maximum Gasteiger partial charge on any atom is 0.306 e. The molecule has 0 N–H and O–H groups in total. The first-order chi connectivity index (χ1) is 8.40. The van der Waals surface area contributed by atoms with Gasteiger partial charge in [-0.15, -0.1) is 0 Å². The molecule has 0 bridgehead atoms. The zero-order chi connectivity index (χ0) is 13.7. The van der Waals surface area contributed by atoms with Crippen LogP contribution in [0.2, 0.25) is 10.0 Å². The normalized spacial score (nSPS) is 12.6. The van der Waals surface area contributed by atoms with E-state index in [1.807, 2.05) is 26.8 Å². The van der Waals surface area contributed by atoms with E-state index in [1.165, 1.54) is 0 Å². The molecule has 4 heteroatoms. The Morgan fingerprint density at radius 3 is 2.50 bits per heavy atom. The van der Waals surface area contributed by atoms with Crippen LogP contribution in [0.4, 0.5) is 0 Å². The van der Waals surface area contributed by atoms with Crippen LogP contribution in [-0.2, 0) is 9.53 Å². The lowest BCUT2D eigenvalue weighted by molar-refractivity contribution is -0.145. The van der Waals surface area contributed by atoms with Gasteiger partial charge in [-0.05, 0) is 29.5 Å². The number of hydrogen-bond acceptors (Lipinski definition) is 2. The molecule has 1 unspecified atom stereocenters. The molecule has 100 valence electrons. The van der Waals surface area contributed by atoms with Crippen molar-refractivity contribution in [1.29, 1.82) is 0 Å².